The molecule has 0 fully saturated rings. The highest BCUT2D eigenvalue weighted by atomic mass is 16.3. The van der Waals surface area contributed by atoms with Gasteiger partial charge in [-0.15, -0.1) is 0 Å². The third-order valence-electron chi connectivity index (χ3n) is 2.22. The van der Waals surface area contributed by atoms with E-state index >= 15 is 0 Å². The van der Waals surface area contributed by atoms with Crippen molar-refractivity contribution in [2.75, 3.05) is 6.61 Å². The van der Waals surface area contributed by atoms with Crippen molar-refractivity contribution in [3.63, 3.8) is 0 Å². The molecular weight excluding hydrogens is 174 g/mol. The summed E-state index contributed by atoms with van der Waals surface area (Å²) in [7, 11) is 0. The van der Waals surface area contributed by atoms with Crippen LogP contribution in [0.25, 0.3) is 0 Å². The van der Waals surface area contributed by atoms with Gasteiger partial charge in [0.1, 0.15) is 0 Å². The van der Waals surface area contributed by atoms with E-state index in [1.165, 1.54) is 11.1 Å². The molecule has 0 atom stereocenters. The fraction of sp³-hybridized carbons (Fsp3) is 0.417. The molecule has 0 aliphatic carbocycles. The summed E-state index contributed by atoms with van der Waals surface area (Å²) in [6.45, 7) is 6.22. The monoisotopic (exact) mass is 191 g/mol. The van der Waals surface area contributed by atoms with Gasteiger partial charge in [0.2, 0.25) is 0 Å². The van der Waals surface area contributed by atoms with Gasteiger partial charge in [-0.05, 0) is 31.9 Å². The van der Waals surface area contributed by atoms with Gasteiger partial charge in [0.05, 0.1) is 5.69 Å². The molecule has 1 rings (SSSR count). The first kappa shape index (κ1) is 10.9. The van der Waals surface area contributed by atoms with Gasteiger partial charge in [-0.2, -0.15) is 0 Å². The van der Waals surface area contributed by atoms with E-state index in [1.54, 1.807) is 0 Å². The number of aliphatic hydroxyl groups excluding tert-OH is 1. The first-order valence-corrected chi connectivity index (χ1v) is 4.86. The second-order valence-corrected chi connectivity index (χ2v) is 3.56. The van der Waals surface area contributed by atoms with Crippen LogP contribution in [0.3, 0.4) is 0 Å². The molecule has 0 saturated heterocycles. The topological polar surface area (TPSA) is 32.6 Å². The number of nitrogens with zero attached hydrogens (tertiary/aromatic N) is 1. The van der Waals surface area contributed by atoms with Crippen LogP contribution in [-0.4, -0.2) is 17.4 Å². The van der Waals surface area contributed by atoms with Crippen LogP contribution in [-0.2, 0) is 0 Å². The van der Waals surface area contributed by atoms with Crippen molar-refractivity contribution < 1.29 is 5.11 Å². The minimum absolute atomic E-state index is 0.167. The third-order valence-corrected chi connectivity index (χ3v) is 2.22. The Hall–Kier alpha value is -1.15. The molecule has 0 radical (unpaired) electrons. The van der Waals surface area contributed by atoms with Crippen LogP contribution in [0.15, 0.2) is 23.2 Å². The predicted octanol–water partition coefficient (Wildman–Crippen LogP) is 2.78. The standard InChI is InChI=1S/C12H17NO/c1-9-5-4-6-10(2)12(9)13-11(3)7-8-14/h4-6,14H,7-8H2,1-3H3. The molecule has 0 bridgehead atoms. The van der Waals surface area contributed by atoms with Gasteiger partial charge in [0.25, 0.3) is 0 Å². The zero-order valence-corrected chi connectivity index (χ0v) is 9.04. The molecular formula is C12H17NO. The molecule has 0 aromatic heterocycles. The summed E-state index contributed by atoms with van der Waals surface area (Å²) in [5.74, 6) is 0. The molecule has 14 heavy (non-hydrogen) atoms. The van der Waals surface area contributed by atoms with Crippen LogP contribution in [0.5, 0.6) is 0 Å². The van der Waals surface area contributed by atoms with Crippen LogP contribution < -0.4 is 0 Å². The lowest BCUT2D eigenvalue weighted by Gasteiger charge is -2.05. The highest BCUT2D eigenvalue weighted by Crippen LogP contribution is 2.23. The zero-order valence-electron chi connectivity index (χ0n) is 9.04. The van der Waals surface area contributed by atoms with Crippen LogP contribution in [0.2, 0.25) is 0 Å². The van der Waals surface area contributed by atoms with Gasteiger partial charge >= 0.3 is 0 Å². The zero-order chi connectivity index (χ0) is 10.6. The molecule has 0 saturated carbocycles. The molecule has 0 aliphatic heterocycles. The van der Waals surface area contributed by atoms with E-state index in [0.29, 0.717) is 6.42 Å². The lowest BCUT2D eigenvalue weighted by molar-refractivity contribution is 0.307. The molecule has 1 N–H and O–H groups in total. The maximum Gasteiger partial charge on any atom is 0.0687 e. The fourth-order valence-electron chi connectivity index (χ4n) is 1.39. The lowest BCUT2D eigenvalue weighted by Crippen LogP contribution is -1.95. The van der Waals surface area contributed by atoms with Gasteiger partial charge in [0.15, 0.2) is 0 Å². The molecule has 76 valence electrons. The van der Waals surface area contributed by atoms with Gasteiger partial charge in [0, 0.05) is 18.7 Å². The van der Waals surface area contributed by atoms with Gasteiger partial charge in [-0.3, -0.25) is 4.99 Å². The minimum Gasteiger partial charge on any atom is -0.396 e. The van der Waals surface area contributed by atoms with Crippen molar-refractivity contribution >= 4 is 11.4 Å². The second-order valence-electron chi connectivity index (χ2n) is 3.56. The minimum atomic E-state index is 0.167. The number of benzene rings is 1. The van der Waals surface area contributed by atoms with Gasteiger partial charge < -0.3 is 5.11 Å². The van der Waals surface area contributed by atoms with E-state index in [9.17, 15) is 0 Å². The van der Waals surface area contributed by atoms with E-state index < -0.39 is 0 Å². The Kier molecular flexibility index (Phi) is 3.84. The van der Waals surface area contributed by atoms with Crippen molar-refractivity contribution in [3.05, 3.63) is 29.3 Å². The SMILES string of the molecule is CC(CCO)=Nc1c(C)cccc1C. The first-order valence-electron chi connectivity index (χ1n) is 4.86. The molecule has 0 amide bonds. The summed E-state index contributed by atoms with van der Waals surface area (Å²) in [5, 5.41) is 8.77. The maximum atomic E-state index is 8.77. The van der Waals surface area contributed by atoms with E-state index in [4.69, 9.17) is 5.11 Å². The fourth-order valence-corrected chi connectivity index (χ4v) is 1.39. The summed E-state index contributed by atoms with van der Waals surface area (Å²) in [6, 6.07) is 6.14. The Labute approximate surface area is 85.3 Å². The maximum absolute atomic E-state index is 8.77. The number of aryl methyl sites for hydroxylation is 2. The Morgan fingerprint density at radius 3 is 2.36 bits per heavy atom. The number of hydrogen-bond donors (Lipinski definition) is 1. The Morgan fingerprint density at radius 2 is 1.86 bits per heavy atom. The average Bonchev–Trinajstić information content (AvgIpc) is 2.12. The van der Waals surface area contributed by atoms with Gasteiger partial charge in [-0.1, -0.05) is 18.2 Å². The van der Waals surface area contributed by atoms with Crippen LogP contribution in [0.1, 0.15) is 24.5 Å². The van der Waals surface area contributed by atoms with Crippen LogP contribution in [0.4, 0.5) is 5.69 Å². The first-order chi connectivity index (χ1) is 6.65. The average molecular weight is 191 g/mol. The largest absolute Gasteiger partial charge is 0.396 e. The van der Waals surface area contributed by atoms with Crippen molar-refractivity contribution in [2.24, 2.45) is 4.99 Å². The van der Waals surface area contributed by atoms with E-state index in [-0.39, 0.29) is 6.61 Å². The van der Waals surface area contributed by atoms with E-state index in [1.807, 2.05) is 13.0 Å². The summed E-state index contributed by atoms with van der Waals surface area (Å²) >= 11 is 0. The number of rotatable bonds is 3. The molecule has 0 unspecified atom stereocenters. The van der Waals surface area contributed by atoms with Gasteiger partial charge in [-0.25, -0.2) is 0 Å². The molecule has 0 spiro atoms. The highest BCUT2D eigenvalue weighted by molar-refractivity contribution is 5.85. The summed E-state index contributed by atoms with van der Waals surface area (Å²) < 4.78 is 0. The van der Waals surface area contributed by atoms with Crippen molar-refractivity contribution in [2.45, 2.75) is 27.2 Å². The number of hydrogen-bond acceptors (Lipinski definition) is 2. The molecule has 0 heterocycles. The van der Waals surface area contributed by atoms with E-state index in [0.717, 1.165) is 11.4 Å². The van der Waals surface area contributed by atoms with Crippen LogP contribution >= 0.6 is 0 Å². The predicted molar refractivity (Wildman–Crippen MR) is 60.4 cm³/mol. The second kappa shape index (κ2) is 4.91. The third kappa shape index (κ3) is 2.67. The lowest BCUT2D eigenvalue weighted by atomic mass is 10.1. The molecule has 2 heteroatoms. The number of para-hydroxylation sites is 1. The smallest absolute Gasteiger partial charge is 0.0687 e. The van der Waals surface area contributed by atoms with Crippen LogP contribution in [0, 0.1) is 13.8 Å². The quantitative estimate of drug-likeness (QED) is 0.732. The van der Waals surface area contributed by atoms with Crippen molar-refractivity contribution in [1.82, 2.24) is 0 Å². The molecule has 1 aromatic carbocycles. The van der Waals surface area contributed by atoms with Crippen molar-refractivity contribution in [3.8, 4) is 0 Å². The van der Waals surface area contributed by atoms with E-state index in [2.05, 4.69) is 31.0 Å². The summed E-state index contributed by atoms with van der Waals surface area (Å²) in [4.78, 5) is 4.50. The Bertz CT molecular complexity index is 322. The normalized spacial score (nSPS) is 11.9. The number of aliphatic imine (C=N–C) groups is 1. The Balaban J connectivity index is 3.01. The highest BCUT2D eigenvalue weighted by Gasteiger charge is 2.00. The molecule has 1 aromatic rings. The molecule has 2 nitrogen and oxygen atoms in total. The summed E-state index contributed by atoms with van der Waals surface area (Å²) in [5.41, 5.74) is 4.38. The summed E-state index contributed by atoms with van der Waals surface area (Å²) in [6.07, 6.45) is 0.647. The Morgan fingerprint density at radius 1 is 1.29 bits per heavy atom. The molecule has 0 aliphatic rings. The van der Waals surface area contributed by atoms with Crippen molar-refractivity contribution in [1.29, 1.82) is 0 Å². The number of aliphatic hydroxyl groups is 1.